The topological polar surface area (TPSA) is 97.0 Å². The Morgan fingerprint density at radius 1 is 1.13 bits per heavy atom. The van der Waals surface area contributed by atoms with Crippen molar-refractivity contribution >= 4 is 50.5 Å². The molecule has 31 heavy (non-hydrogen) atoms. The minimum absolute atomic E-state index is 0.0246. The fourth-order valence-corrected chi connectivity index (χ4v) is 7.36. The van der Waals surface area contributed by atoms with Crippen LogP contribution in [0.25, 0.3) is 22.3 Å². The second kappa shape index (κ2) is 8.51. The van der Waals surface area contributed by atoms with E-state index in [2.05, 4.69) is 0 Å². The highest BCUT2D eigenvalue weighted by Gasteiger charge is 2.54. The van der Waals surface area contributed by atoms with E-state index in [-0.39, 0.29) is 18.0 Å². The van der Waals surface area contributed by atoms with E-state index < -0.39 is 26.3 Å². The minimum atomic E-state index is -4.06. The van der Waals surface area contributed by atoms with Crippen LogP contribution in [-0.2, 0) is 19.6 Å². The number of hydrogen-bond donors (Lipinski definition) is 1. The first kappa shape index (κ1) is 22.2. The van der Waals surface area contributed by atoms with E-state index in [9.17, 15) is 18.3 Å². The molecular formula is C21H21NO6S3. The van der Waals surface area contributed by atoms with E-state index in [1.54, 1.807) is 24.6 Å². The predicted molar refractivity (Wildman–Crippen MR) is 123 cm³/mol. The molecule has 1 aromatic heterocycles. The van der Waals surface area contributed by atoms with Gasteiger partial charge >= 0.3 is 5.97 Å². The van der Waals surface area contributed by atoms with Gasteiger partial charge in [-0.3, -0.25) is 4.79 Å². The molecule has 3 aromatic rings. The number of nitrogens with zero attached hydrogens (tertiary/aromatic N) is 1. The lowest BCUT2D eigenvalue weighted by molar-refractivity contribution is -0.149. The highest BCUT2D eigenvalue weighted by Crippen LogP contribution is 2.44. The van der Waals surface area contributed by atoms with Gasteiger partial charge in [-0.05, 0) is 48.9 Å². The number of carboxylic acids is 1. The number of benzene rings is 2. The van der Waals surface area contributed by atoms with Crippen molar-refractivity contribution in [3.63, 3.8) is 0 Å². The zero-order valence-electron chi connectivity index (χ0n) is 16.8. The van der Waals surface area contributed by atoms with E-state index in [4.69, 9.17) is 9.15 Å². The molecule has 1 aliphatic rings. The Morgan fingerprint density at radius 3 is 2.42 bits per heavy atom. The van der Waals surface area contributed by atoms with Gasteiger partial charge in [-0.2, -0.15) is 4.31 Å². The fourth-order valence-electron chi connectivity index (χ4n) is 3.67. The molecule has 0 bridgehead atoms. The second-order valence-electron chi connectivity index (χ2n) is 6.89. The molecule has 1 aliphatic heterocycles. The summed E-state index contributed by atoms with van der Waals surface area (Å²) in [6.45, 7) is 0.0786. The molecule has 1 N–H and O–H groups in total. The molecule has 2 aromatic carbocycles. The smallest absolute Gasteiger partial charge is 0.326 e. The standard InChI is InChI=1S/C21H21NO6S3/c1-29-21(30-2)19(20(23)24)22(11-12-27-21)31(25,26)16-9-7-14(8-10-16)18-13-15-5-3-4-6-17(15)28-18/h3-10,13,19H,11-12H2,1-2H3,(H,23,24)/t19-/m0/s1. The van der Waals surface area contributed by atoms with Crippen molar-refractivity contribution in [2.24, 2.45) is 0 Å². The van der Waals surface area contributed by atoms with Gasteiger partial charge < -0.3 is 14.3 Å². The Labute approximate surface area is 188 Å². The lowest BCUT2D eigenvalue weighted by atomic mass is 10.1. The molecule has 0 saturated carbocycles. The van der Waals surface area contributed by atoms with Crippen LogP contribution in [0.5, 0.6) is 0 Å². The van der Waals surface area contributed by atoms with Crippen LogP contribution in [0.15, 0.2) is 63.9 Å². The lowest BCUT2D eigenvalue weighted by Crippen LogP contribution is -2.61. The molecule has 0 unspecified atom stereocenters. The maximum absolute atomic E-state index is 13.4. The van der Waals surface area contributed by atoms with Crippen molar-refractivity contribution in [2.75, 3.05) is 25.7 Å². The normalized spacial score (nSPS) is 19.5. The largest absolute Gasteiger partial charge is 0.480 e. The number of rotatable bonds is 6. The van der Waals surface area contributed by atoms with Gasteiger partial charge in [-0.1, -0.05) is 18.2 Å². The second-order valence-corrected chi connectivity index (χ2v) is 11.1. The van der Waals surface area contributed by atoms with E-state index in [0.29, 0.717) is 5.76 Å². The molecule has 4 rings (SSSR count). The molecule has 1 atom stereocenters. The van der Waals surface area contributed by atoms with Crippen LogP contribution in [0, 0.1) is 0 Å². The van der Waals surface area contributed by atoms with Crippen LogP contribution in [0.1, 0.15) is 0 Å². The summed E-state index contributed by atoms with van der Waals surface area (Å²) < 4.78 is 38.1. The number of hydrogen-bond acceptors (Lipinski definition) is 7. The summed E-state index contributed by atoms with van der Waals surface area (Å²) in [6.07, 6.45) is 3.43. The predicted octanol–water partition coefficient (Wildman–Crippen LogP) is 3.95. The van der Waals surface area contributed by atoms with Crippen molar-refractivity contribution in [3.05, 3.63) is 54.6 Å². The third-order valence-corrected chi connectivity index (χ3v) is 9.91. The van der Waals surface area contributed by atoms with Crippen molar-refractivity contribution < 1.29 is 27.5 Å². The first-order chi connectivity index (χ1) is 14.8. The van der Waals surface area contributed by atoms with Gasteiger partial charge in [0.15, 0.2) is 10.3 Å². The Balaban J connectivity index is 1.68. The van der Waals surface area contributed by atoms with Gasteiger partial charge in [0.05, 0.1) is 11.5 Å². The van der Waals surface area contributed by atoms with Gasteiger partial charge in [0.25, 0.3) is 0 Å². The number of para-hydroxylation sites is 1. The summed E-state index contributed by atoms with van der Waals surface area (Å²) in [7, 11) is -4.06. The SMILES string of the molecule is CSC1(SC)OCCN(S(=O)(=O)c2ccc(-c3cc4ccccc4o3)cc2)[C@H]1C(=O)O. The summed E-state index contributed by atoms with van der Waals surface area (Å²) >= 11 is 2.38. The molecular weight excluding hydrogens is 458 g/mol. The number of furan rings is 1. The van der Waals surface area contributed by atoms with Gasteiger partial charge in [-0.25, -0.2) is 8.42 Å². The van der Waals surface area contributed by atoms with E-state index in [1.807, 2.05) is 30.3 Å². The first-order valence-electron chi connectivity index (χ1n) is 9.40. The maximum Gasteiger partial charge on any atom is 0.326 e. The summed E-state index contributed by atoms with van der Waals surface area (Å²) in [5.41, 5.74) is 1.48. The van der Waals surface area contributed by atoms with Crippen LogP contribution in [0.3, 0.4) is 0 Å². The van der Waals surface area contributed by atoms with Crippen LogP contribution < -0.4 is 0 Å². The summed E-state index contributed by atoms with van der Waals surface area (Å²) in [5, 5.41) is 10.8. The fraction of sp³-hybridized carbons (Fsp3) is 0.286. The molecule has 2 heterocycles. The van der Waals surface area contributed by atoms with Gasteiger partial charge in [-0.15, -0.1) is 23.5 Å². The molecule has 0 aliphatic carbocycles. The number of sulfonamides is 1. The van der Waals surface area contributed by atoms with Crippen LogP contribution >= 0.6 is 23.5 Å². The number of carboxylic acid groups (broad SMARTS) is 1. The highest BCUT2D eigenvalue weighted by atomic mass is 32.2. The minimum Gasteiger partial charge on any atom is -0.480 e. The van der Waals surface area contributed by atoms with Crippen molar-refractivity contribution in [1.29, 1.82) is 0 Å². The lowest BCUT2D eigenvalue weighted by Gasteiger charge is -2.44. The van der Waals surface area contributed by atoms with Gasteiger partial charge in [0.2, 0.25) is 10.0 Å². The van der Waals surface area contributed by atoms with Crippen molar-refractivity contribution in [1.82, 2.24) is 4.31 Å². The monoisotopic (exact) mass is 479 g/mol. The van der Waals surface area contributed by atoms with Crippen molar-refractivity contribution in [3.8, 4) is 11.3 Å². The van der Waals surface area contributed by atoms with Crippen LogP contribution in [0.2, 0.25) is 0 Å². The first-order valence-corrected chi connectivity index (χ1v) is 13.3. The molecule has 164 valence electrons. The Hall–Kier alpha value is -1.98. The van der Waals surface area contributed by atoms with Crippen LogP contribution in [-0.4, -0.2) is 59.8 Å². The van der Waals surface area contributed by atoms with Crippen molar-refractivity contribution in [2.45, 2.75) is 15.2 Å². The van der Waals surface area contributed by atoms with E-state index in [0.717, 1.165) is 20.8 Å². The molecule has 0 radical (unpaired) electrons. The zero-order valence-corrected chi connectivity index (χ0v) is 19.3. The third kappa shape index (κ3) is 3.87. The number of ether oxygens (including phenoxy) is 1. The average Bonchev–Trinajstić information content (AvgIpc) is 3.22. The number of thioether (sulfide) groups is 2. The Bertz CT molecular complexity index is 1170. The highest BCUT2D eigenvalue weighted by molar-refractivity contribution is 8.17. The molecule has 10 heteroatoms. The quantitative estimate of drug-likeness (QED) is 0.531. The number of fused-ring (bicyclic) bond motifs is 1. The third-order valence-electron chi connectivity index (χ3n) is 5.21. The molecule has 1 saturated heterocycles. The number of aliphatic carboxylic acids is 1. The molecule has 0 amide bonds. The van der Waals surface area contributed by atoms with Crippen LogP contribution in [0.4, 0.5) is 0 Å². The number of carbonyl (C=O) groups is 1. The Morgan fingerprint density at radius 2 is 1.81 bits per heavy atom. The zero-order chi connectivity index (χ0) is 22.2. The average molecular weight is 480 g/mol. The summed E-state index contributed by atoms with van der Waals surface area (Å²) in [4.78, 5) is 12.1. The van der Waals surface area contributed by atoms with E-state index in [1.165, 1.54) is 35.7 Å². The molecule has 7 nitrogen and oxygen atoms in total. The van der Waals surface area contributed by atoms with Gasteiger partial charge in [0, 0.05) is 17.5 Å². The summed E-state index contributed by atoms with van der Waals surface area (Å²) in [5.74, 6) is -0.616. The van der Waals surface area contributed by atoms with E-state index >= 15 is 0 Å². The molecule has 1 fully saturated rings. The summed E-state index contributed by atoms with van der Waals surface area (Å²) in [6, 6.07) is 14.4. The maximum atomic E-state index is 13.4. The number of morpholine rings is 1. The van der Waals surface area contributed by atoms with Gasteiger partial charge in [0.1, 0.15) is 11.3 Å². The Kier molecular flexibility index (Phi) is 6.10. The molecule has 0 spiro atoms.